The second-order valence-electron chi connectivity index (χ2n) is 7.79. The first-order valence-corrected chi connectivity index (χ1v) is 11.5. The van der Waals surface area contributed by atoms with Gasteiger partial charge in [0.05, 0.1) is 17.1 Å². The van der Waals surface area contributed by atoms with E-state index in [1.54, 1.807) is 18.3 Å². The van der Waals surface area contributed by atoms with Gasteiger partial charge in [-0.05, 0) is 72.1 Å². The van der Waals surface area contributed by atoms with Crippen LogP contribution in [0.2, 0.25) is 0 Å². The first kappa shape index (κ1) is 22.9. The van der Waals surface area contributed by atoms with E-state index in [1.165, 1.54) is 16.8 Å². The fourth-order valence-corrected chi connectivity index (χ4v) is 3.71. The highest BCUT2D eigenvalue weighted by molar-refractivity contribution is 9.10. The van der Waals surface area contributed by atoms with Gasteiger partial charge >= 0.3 is 0 Å². The van der Waals surface area contributed by atoms with E-state index in [1.807, 2.05) is 49.4 Å². The topological polar surface area (TPSA) is 56.5 Å². The van der Waals surface area contributed by atoms with Crippen molar-refractivity contribution in [2.75, 3.05) is 0 Å². The molecule has 7 heteroatoms. The predicted octanol–water partition coefficient (Wildman–Crippen LogP) is 6.27. The smallest absolute Gasteiger partial charge is 0.282 e. The van der Waals surface area contributed by atoms with Crippen LogP contribution in [0.4, 0.5) is 4.39 Å². The normalized spacial score (nSPS) is 12.4. The lowest BCUT2D eigenvalue weighted by Crippen LogP contribution is -2.23. The van der Waals surface area contributed by atoms with Crippen molar-refractivity contribution in [1.29, 1.82) is 0 Å². The van der Waals surface area contributed by atoms with Crippen molar-refractivity contribution in [1.82, 2.24) is 9.66 Å². The molecule has 0 radical (unpaired) electrons. The number of aromatic nitrogens is 2. The Balaban J connectivity index is 1.58. The molecule has 5 nitrogen and oxygen atoms in total. The van der Waals surface area contributed by atoms with E-state index in [-0.39, 0.29) is 23.9 Å². The standard InChI is InChI=1S/C26H23BrFN3O2/c1-3-17(2)25-30-24-12-9-20(27)14-23(24)26(32)31(25)29-15-18-7-10-22(11-8-18)33-16-19-5-4-6-21(28)13-19/h4-15,17H,3,16H2,1-2H3/t17-/m1/s1. The van der Waals surface area contributed by atoms with Crippen LogP contribution < -0.4 is 10.3 Å². The third kappa shape index (κ3) is 5.37. The highest BCUT2D eigenvalue weighted by Crippen LogP contribution is 2.21. The molecule has 3 aromatic carbocycles. The summed E-state index contributed by atoms with van der Waals surface area (Å²) in [7, 11) is 0. The number of halogens is 2. The lowest BCUT2D eigenvalue weighted by atomic mass is 10.1. The average Bonchev–Trinajstić information content (AvgIpc) is 2.82. The second-order valence-corrected chi connectivity index (χ2v) is 8.71. The minimum Gasteiger partial charge on any atom is -0.489 e. The van der Waals surface area contributed by atoms with Crippen molar-refractivity contribution in [3.63, 3.8) is 0 Å². The Hall–Kier alpha value is -3.32. The van der Waals surface area contributed by atoms with Crippen LogP contribution in [-0.2, 0) is 6.61 Å². The molecule has 0 aliphatic rings. The van der Waals surface area contributed by atoms with Gasteiger partial charge in [0.15, 0.2) is 0 Å². The highest BCUT2D eigenvalue weighted by Gasteiger charge is 2.15. The summed E-state index contributed by atoms with van der Waals surface area (Å²) in [5.74, 6) is 1.07. The van der Waals surface area contributed by atoms with Crippen molar-refractivity contribution in [2.24, 2.45) is 5.10 Å². The molecule has 4 aromatic rings. The molecule has 0 bridgehead atoms. The van der Waals surface area contributed by atoms with Gasteiger partial charge in [0.25, 0.3) is 5.56 Å². The van der Waals surface area contributed by atoms with Crippen molar-refractivity contribution in [3.05, 3.63) is 104 Å². The molecule has 0 saturated carbocycles. The quantitative estimate of drug-likeness (QED) is 0.277. The number of hydrogen-bond acceptors (Lipinski definition) is 4. The Kier molecular flexibility index (Phi) is 6.99. The number of ether oxygens (including phenoxy) is 1. The zero-order valence-corrected chi connectivity index (χ0v) is 19.9. The third-order valence-electron chi connectivity index (χ3n) is 5.38. The van der Waals surface area contributed by atoms with Crippen molar-refractivity contribution >= 4 is 33.0 Å². The van der Waals surface area contributed by atoms with Crippen LogP contribution in [0.25, 0.3) is 10.9 Å². The largest absolute Gasteiger partial charge is 0.489 e. The Labute approximate surface area is 199 Å². The van der Waals surface area contributed by atoms with E-state index in [4.69, 9.17) is 9.72 Å². The molecular weight excluding hydrogens is 485 g/mol. The second kappa shape index (κ2) is 10.1. The maximum absolute atomic E-state index is 13.3. The first-order valence-electron chi connectivity index (χ1n) is 10.7. The fraction of sp³-hybridized carbons (Fsp3) is 0.192. The molecule has 0 saturated heterocycles. The molecule has 1 atom stereocenters. The molecular formula is C26H23BrFN3O2. The molecule has 0 fully saturated rings. The van der Waals surface area contributed by atoms with Gasteiger partial charge in [0.1, 0.15) is 24.0 Å². The van der Waals surface area contributed by atoms with Crippen LogP contribution in [0.15, 0.2) is 81.1 Å². The van der Waals surface area contributed by atoms with Crippen LogP contribution in [-0.4, -0.2) is 15.9 Å². The third-order valence-corrected chi connectivity index (χ3v) is 5.88. The number of hydrogen-bond donors (Lipinski definition) is 0. The monoisotopic (exact) mass is 507 g/mol. The van der Waals surface area contributed by atoms with Crippen molar-refractivity contribution < 1.29 is 9.13 Å². The maximum atomic E-state index is 13.3. The van der Waals surface area contributed by atoms with Crippen LogP contribution in [0.1, 0.15) is 43.1 Å². The Morgan fingerprint density at radius 1 is 1.15 bits per heavy atom. The van der Waals surface area contributed by atoms with Gasteiger partial charge in [-0.25, -0.2) is 9.37 Å². The van der Waals surface area contributed by atoms with Gasteiger partial charge in [0.2, 0.25) is 0 Å². The predicted molar refractivity (Wildman–Crippen MR) is 133 cm³/mol. The van der Waals surface area contributed by atoms with E-state index in [9.17, 15) is 9.18 Å². The van der Waals surface area contributed by atoms with Crippen molar-refractivity contribution in [3.8, 4) is 5.75 Å². The SMILES string of the molecule is CC[C@@H](C)c1nc2ccc(Br)cc2c(=O)n1N=Cc1ccc(OCc2cccc(F)c2)cc1. The summed E-state index contributed by atoms with van der Waals surface area (Å²) in [6.07, 6.45) is 2.47. The highest BCUT2D eigenvalue weighted by atomic mass is 79.9. The van der Waals surface area contributed by atoms with E-state index in [0.29, 0.717) is 22.5 Å². The first-order chi connectivity index (χ1) is 15.9. The van der Waals surface area contributed by atoms with Crippen molar-refractivity contribution in [2.45, 2.75) is 32.8 Å². The van der Waals surface area contributed by atoms with Crippen LogP contribution in [0, 0.1) is 5.82 Å². The molecule has 1 heterocycles. The Morgan fingerprint density at radius 3 is 2.67 bits per heavy atom. The molecule has 0 N–H and O–H groups in total. The number of fused-ring (bicyclic) bond motifs is 1. The van der Waals surface area contributed by atoms with Crippen LogP contribution in [0.5, 0.6) is 5.75 Å². The van der Waals surface area contributed by atoms with E-state index in [0.717, 1.165) is 22.0 Å². The summed E-state index contributed by atoms with van der Waals surface area (Å²) in [5.41, 5.74) is 2.02. The average molecular weight is 508 g/mol. The van der Waals surface area contributed by atoms with Gasteiger partial charge < -0.3 is 4.74 Å². The fourth-order valence-electron chi connectivity index (χ4n) is 3.35. The van der Waals surface area contributed by atoms with Gasteiger partial charge in [-0.15, -0.1) is 0 Å². The van der Waals surface area contributed by atoms with E-state index in [2.05, 4.69) is 28.0 Å². The zero-order chi connectivity index (χ0) is 23.4. The van der Waals surface area contributed by atoms with E-state index >= 15 is 0 Å². The van der Waals surface area contributed by atoms with Gasteiger partial charge in [-0.1, -0.05) is 41.9 Å². The minimum absolute atomic E-state index is 0.0708. The maximum Gasteiger partial charge on any atom is 0.282 e. The number of benzene rings is 3. The molecule has 0 unspecified atom stereocenters. The van der Waals surface area contributed by atoms with Gasteiger partial charge in [0, 0.05) is 10.4 Å². The lowest BCUT2D eigenvalue weighted by molar-refractivity contribution is 0.305. The Morgan fingerprint density at radius 2 is 1.94 bits per heavy atom. The summed E-state index contributed by atoms with van der Waals surface area (Å²) in [5, 5.41) is 4.99. The van der Waals surface area contributed by atoms with E-state index < -0.39 is 0 Å². The molecule has 0 amide bonds. The molecule has 168 valence electrons. The van der Waals surface area contributed by atoms with Gasteiger partial charge in [-0.2, -0.15) is 9.78 Å². The Bertz CT molecular complexity index is 1370. The van der Waals surface area contributed by atoms with Gasteiger partial charge in [-0.3, -0.25) is 4.79 Å². The molecule has 0 aliphatic heterocycles. The molecule has 0 spiro atoms. The molecule has 4 rings (SSSR count). The summed E-state index contributed by atoms with van der Waals surface area (Å²) in [4.78, 5) is 17.9. The summed E-state index contributed by atoms with van der Waals surface area (Å²) in [6.45, 7) is 4.36. The number of rotatable bonds is 7. The minimum atomic E-state index is -0.287. The summed E-state index contributed by atoms with van der Waals surface area (Å²) in [6, 6.07) is 19.1. The molecule has 0 aliphatic carbocycles. The lowest BCUT2D eigenvalue weighted by Gasteiger charge is -2.14. The number of nitrogens with zero attached hydrogens (tertiary/aromatic N) is 3. The summed E-state index contributed by atoms with van der Waals surface area (Å²) >= 11 is 3.42. The van der Waals surface area contributed by atoms with Crippen LogP contribution in [0.3, 0.4) is 0 Å². The molecule has 1 aromatic heterocycles. The molecule has 33 heavy (non-hydrogen) atoms. The zero-order valence-electron chi connectivity index (χ0n) is 18.3. The summed E-state index contributed by atoms with van der Waals surface area (Å²) < 4.78 is 21.2. The van der Waals surface area contributed by atoms with Crippen LogP contribution >= 0.6 is 15.9 Å².